The first kappa shape index (κ1) is 14.8. The van der Waals surface area contributed by atoms with Gasteiger partial charge in [0.15, 0.2) is 0 Å². The number of hydrogen-bond acceptors (Lipinski definition) is 3. The van der Waals surface area contributed by atoms with E-state index in [9.17, 15) is 4.79 Å². The molecule has 4 nitrogen and oxygen atoms in total. The number of rotatable bonds is 5. The first-order valence-electron chi connectivity index (χ1n) is 7.61. The van der Waals surface area contributed by atoms with E-state index >= 15 is 0 Å². The van der Waals surface area contributed by atoms with Crippen molar-refractivity contribution in [2.24, 2.45) is 11.8 Å². The first-order valence-corrected chi connectivity index (χ1v) is 7.61. The number of hydrogen-bond donors (Lipinski definition) is 1. The molecule has 0 bridgehead atoms. The molecule has 1 amide bonds. The second-order valence-corrected chi connectivity index (χ2v) is 5.90. The van der Waals surface area contributed by atoms with Gasteiger partial charge >= 0.3 is 0 Å². The van der Waals surface area contributed by atoms with Crippen molar-refractivity contribution < 1.29 is 4.79 Å². The second-order valence-electron chi connectivity index (χ2n) is 5.90. The highest BCUT2D eigenvalue weighted by Gasteiger charge is 2.29. The van der Waals surface area contributed by atoms with Crippen molar-refractivity contribution in [3.05, 3.63) is 24.0 Å². The van der Waals surface area contributed by atoms with Crippen LogP contribution in [0.25, 0.3) is 0 Å². The standard InChI is InChI=1S/C16H25N3O/c1-4-7-17-14-5-8-18-15(10-14)16(20)19-9-6-13(11-19)12(2)3/h5,8,10,12-13H,4,6-7,9,11H2,1-3H3,(H,17,18). The summed E-state index contributed by atoms with van der Waals surface area (Å²) < 4.78 is 0. The van der Waals surface area contributed by atoms with Gasteiger partial charge in [-0.1, -0.05) is 20.8 Å². The summed E-state index contributed by atoms with van der Waals surface area (Å²) in [5.41, 5.74) is 1.53. The maximum absolute atomic E-state index is 12.5. The SMILES string of the molecule is CCCNc1ccnc(C(=O)N2CCC(C(C)C)C2)c1. The third-order valence-corrected chi connectivity index (χ3v) is 4.01. The van der Waals surface area contributed by atoms with E-state index in [-0.39, 0.29) is 5.91 Å². The van der Waals surface area contributed by atoms with Crippen LogP contribution in [0.3, 0.4) is 0 Å². The molecule has 0 aliphatic carbocycles. The Morgan fingerprint density at radius 2 is 2.35 bits per heavy atom. The molecule has 20 heavy (non-hydrogen) atoms. The highest BCUT2D eigenvalue weighted by Crippen LogP contribution is 2.24. The highest BCUT2D eigenvalue weighted by molar-refractivity contribution is 5.93. The number of nitrogens with zero attached hydrogens (tertiary/aromatic N) is 2. The summed E-state index contributed by atoms with van der Waals surface area (Å²) in [5.74, 6) is 1.33. The molecule has 2 heterocycles. The molecular weight excluding hydrogens is 250 g/mol. The minimum atomic E-state index is 0.0632. The third kappa shape index (κ3) is 3.50. The molecule has 0 saturated carbocycles. The Labute approximate surface area is 121 Å². The predicted molar refractivity (Wildman–Crippen MR) is 81.9 cm³/mol. The number of carbonyl (C=O) groups excluding carboxylic acids is 1. The molecule has 0 radical (unpaired) electrons. The predicted octanol–water partition coefficient (Wildman–Crippen LogP) is 3.02. The summed E-state index contributed by atoms with van der Waals surface area (Å²) in [6, 6.07) is 3.77. The lowest BCUT2D eigenvalue weighted by Crippen LogP contribution is -2.30. The molecular formula is C16H25N3O. The summed E-state index contributed by atoms with van der Waals surface area (Å²) in [6.45, 7) is 9.21. The van der Waals surface area contributed by atoms with Gasteiger partial charge in [0.1, 0.15) is 5.69 Å². The Bertz CT molecular complexity index is 459. The lowest BCUT2D eigenvalue weighted by Gasteiger charge is -2.18. The molecule has 2 rings (SSSR count). The molecule has 1 saturated heterocycles. The smallest absolute Gasteiger partial charge is 0.272 e. The van der Waals surface area contributed by atoms with Gasteiger partial charge in [-0.25, -0.2) is 0 Å². The molecule has 0 spiro atoms. The van der Waals surface area contributed by atoms with Gasteiger partial charge in [0.25, 0.3) is 5.91 Å². The molecule has 0 aromatic carbocycles. The average Bonchev–Trinajstić information content (AvgIpc) is 2.94. The van der Waals surface area contributed by atoms with Gasteiger partial charge in [-0.05, 0) is 36.8 Å². The number of amides is 1. The molecule has 1 aliphatic rings. The monoisotopic (exact) mass is 275 g/mol. The quantitative estimate of drug-likeness (QED) is 0.898. The van der Waals surface area contributed by atoms with Crippen LogP contribution in [0, 0.1) is 11.8 Å². The van der Waals surface area contributed by atoms with Crippen LogP contribution < -0.4 is 5.32 Å². The Kier molecular flexibility index (Phi) is 4.99. The van der Waals surface area contributed by atoms with E-state index < -0.39 is 0 Å². The minimum Gasteiger partial charge on any atom is -0.385 e. The van der Waals surface area contributed by atoms with Gasteiger partial charge in [0.05, 0.1) is 0 Å². The van der Waals surface area contributed by atoms with Crippen LogP contribution in [-0.2, 0) is 0 Å². The van der Waals surface area contributed by atoms with E-state index in [0.717, 1.165) is 38.2 Å². The molecule has 1 aromatic rings. The van der Waals surface area contributed by atoms with Crippen molar-refractivity contribution in [2.75, 3.05) is 25.0 Å². The van der Waals surface area contributed by atoms with Crippen LogP contribution in [0.4, 0.5) is 5.69 Å². The second kappa shape index (κ2) is 6.73. The van der Waals surface area contributed by atoms with Crippen molar-refractivity contribution >= 4 is 11.6 Å². The van der Waals surface area contributed by atoms with Crippen molar-refractivity contribution in [1.82, 2.24) is 9.88 Å². The first-order chi connectivity index (χ1) is 9.61. The zero-order valence-corrected chi connectivity index (χ0v) is 12.7. The van der Waals surface area contributed by atoms with Crippen LogP contribution in [0.1, 0.15) is 44.1 Å². The number of carbonyl (C=O) groups is 1. The Morgan fingerprint density at radius 3 is 3.00 bits per heavy atom. The fourth-order valence-corrected chi connectivity index (χ4v) is 2.60. The zero-order valence-electron chi connectivity index (χ0n) is 12.7. The van der Waals surface area contributed by atoms with Crippen molar-refractivity contribution in [3.63, 3.8) is 0 Å². The number of pyridine rings is 1. The van der Waals surface area contributed by atoms with Crippen LogP contribution in [0.15, 0.2) is 18.3 Å². The largest absolute Gasteiger partial charge is 0.385 e. The summed E-state index contributed by atoms with van der Waals surface area (Å²) in [7, 11) is 0. The molecule has 1 fully saturated rings. The fourth-order valence-electron chi connectivity index (χ4n) is 2.60. The molecule has 1 unspecified atom stereocenters. The number of aromatic nitrogens is 1. The Hall–Kier alpha value is -1.58. The van der Waals surface area contributed by atoms with Gasteiger partial charge in [-0.3, -0.25) is 9.78 Å². The van der Waals surface area contributed by atoms with E-state index in [4.69, 9.17) is 0 Å². The van der Waals surface area contributed by atoms with Crippen LogP contribution in [0.5, 0.6) is 0 Å². The van der Waals surface area contributed by atoms with Gasteiger partial charge in [-0.2, -0.15) is 0 Å². The minimum absolute atomic E-state index is 0.0632. The molecule has 1 aliphatic heterocycles. The van der Waals surface area contributed by atoms with Gasteiger partial charge < -0.3 is 10.2 Å². The summed E-state index contributed by atoms with van der Waals surface area (Å²) >= 11 is 0. The van der Waals surface area contributed by atoms with E-state index in [2.05, 4.69) is 31.1 Å². The van der Waals surface area contributed by atoms with E-state index in [1.165, 1.54) is 0 Å². The summed E-state index contributed by atoms with van der Waals surface area (Å²) in [5, 5.41) is 3.30. The highest BCUT2D eigenvalue weighted by atomic mass is 16.2. The average molecular weight is 275 g/mol. The maximum atomic E-state index is 12.5. The maximum Gasteiger partial charge on any atom is 0.272 e. The Balaban J connectivity index is 2.02. The van der Waals surface area contributed by atoms with Crippen LogP contribution >= 0.6 is 0 Å². The van der Waals surface area contributed by atoms with Crippen molar-refractivity contribution in [2.45, 2.75) is 33.6 Å². The Morgan fingerprint density at radius 1 is 1.55 bits per heavy atom. The van der Waals surface area contributed by atoms with Crippen molar-refractivity contribution in [1.29, 1.82) is 0 Å². The molecule has 1 aromatic heterocycles. The molecule has 4 heteroatoms. The van der Waals surface area contributed by atoms with Crippen LogP contribution in [-0.4, -0.2) is 35.4 Å². The summed E-state index contributed by atoms with van der Waals surface area (Å²) in [6.07, 6.45) is 3.88. The van der Waals surface area contributed by atoms with Crippen molar-refractivity contribution in [3.8, 4) is 0 Å². The topological polar surface area (TPSA) is 45.2 Å². The van der Waals surface area contributed by atoms with Gasteiger partial charge in [-0.15, -0.1) is 0 Å². The number of anilines is 1. The third-order valence-electron chi connectivity index (χ3n) is 4.01. The lowest BCUT2D eigenvalue weighted by atomic mass is 9.95. The number of likely N-dealkylation sites (tertiary alicyclic amines) is 1. The normalized spacial score (nSPS) is 18.6. The molecule has 1 N–H and O–H groups in total. The summed E-state index contributed by atoms with van der Waals surface area (Å²) in [4.78, 5) is 18.6. The van der Waals surface area contributed by atoms with E-state index in [0.29, 0.717) is 17.5 Å². The van der Waals surface area contributed by atoms with Crippen LogP contribution in [0.2, 0.25) is 0 Å². The van der Waals surface area contributed by atoms with Gasteiger partial charge in [0.2, 0.25) is 0 Å². The zero-order chi connectivity index (χ0) is 14.5. The lowest BCUT2D eigenvalue weighted by molar-refractivity contribution is 0.0778. The number of nitrogens with one attached hydrogen (secondary N) is 1. The van der Waals surface area contributed by atoms with E-state index in [1.807, 2.05) is 17.0 Å². The molecule has 110 valence electrons. The molecule has 1 atom stereocenters. The van der Waals surface area contributed by atoms with E-state index in [1.54, 1.807) is 6.20 Å². The fraction of sp³-hybridized carbons (Fsp3) is 0.625. The van der Waals surface area contributed by atoms with Gasteiger partial charge in [0, 0.05) is 31.5 Å².